The number of methoxy groups -OCH3 is 1. The minimum absolute atomic E-state index is 0.00111. The van der Waals surface area contributed by atoms with Gasteiger partial charge in [0.1, 0.15) is 5.56 Å². The molecule has 23 heavy (non-hydrogen) atoms. The maximum absolute atomic E-state index is 12.2. The molecule has 0 aliphatic heterocycles. The summed E-state index contributed by atoms with van der Waals surface area (Å²) in [6, 6.07) is 4.65. The van der Waals surface area contributed by atoms with Crippen LogP contribution in [0, 0.1) is 11.8 Å². The lowest BCUT2D eigenvalue weighted by Crippen LogP contribution is -2.33. The van der Waals surface area contributed by atoms with E-state index in [2.05, 4.69) is 27.7 Å². The first-order valence-electron chi connectivity index (χ1n) is 7.57. The monoisotopic (exact) mass is 342 g/mol. The van der Waals surface area contributed by atoms with Crippen molar-refractivity contribution in [2.45, 2.75) is 32.6 Å². The highest BCUT2D eigenvalue weighted by Crippen LogP contribution is 2.28. The number of primary sulfonamides is 1. The number of carbonyl (C=O) groups is 1. The number of nitrogens with two attached hydrogens (primary N) is 1. The summed E-state index contributed by atoms with van der Waals surface area (Å²) in [4.78, 5) is 14.0. The van der Waals surface area contributed by atoms with E-state index < -0.39 is 16.0 Å². The number of hydrogen-bond donors (Lipinski definition) is 1. The molecule has 1 aromatic carbocycles. The summed E-state index contributed by atoms with van der Waals surface area (Å²) in [6.07, 6.45) is 0. The molecule has 0 heterocycles. The number of ether oxygens (including phenoxy) is 1. The SMILES string of the molecule is COC(=O)c1c(N(CC(C)C)CC(C)C)cccc1S(N)(=O)=O. The molecule has 130 valence electrons. The van der Waals surface area contributed by atoms with Crippen molar-refractivity contribution in [1.29, 1.82) is 0 Å². The van der Waals surface area contributed by atoms with E-state index in [9.17, 15) is 13.2 Å². The van der Waals surface area contributed by atoms with Crippen LogP contribution >= 0.6 is 0 Å². The van der Waals surface area contributed by atoms with E-state index in [-0.39, 0.29) is 10.5 Å². The van der Waals surface area contributed by atoms with Gasteiger partial charge < -0.3 is 9.64 Å². The quantitative estimate of drug-likeness (QED) is 0.768. The minimum atomic E-state index is -4.03. The summed E-state index contributed by atoms with van der Waals surface area (Å²) in [6.45, 7) is 9.64. The second kappa shape index (κ2) is 7.79. The molecule has 0 aliphatic rings. The van der Waals surface area contributed by atoms with E-state index in [1.165, 1.54) is 13.2 Å². The molecule has 0 bridgehead atoms. The van der Waals surface area contributed by atoms with Crippen molar-refractivity contribution in [2.24, 2.45) is 17.0 Å². The molecule has 0 radical (unpaired) electrons. The molecule has 0 amide bonds. The van der Waals surface area contributed by atoms with Crippen molar-refractivity contribution in [3.63, 3.8) is 0 Å². The smallest absolute Gasteiger partial charge is 0.341 e. The molecular formula is C16H26N2O4S. The first kappa shape index (κ1) is 19.4. The summed E-state index contributed by atoms with van der Waals surface area (Å²) in [5.41, 5.74) is 0.532. The van der Waals surface area contributed by atoms with E-state index in [0.29, 0.717) is 30.6 Å². The van der Waals surface area contributed by atoms with E-state index in [0.717, 1.165) is 0 Å². The number of carbonyl (C=O) groups excluding carboxylic acids is 1. The van der Waals surface area contributed by atoms with E-state index in [4.69, 9.17) is 9.88 Å². The Labute approximate surface area is 138 Å². The van der Waals surface area contributed by atoms with Gasteiger partial charge in [0, 0.05) is 13.1 Å². The van der Waals surface area contributed by atoms with Gasteiger partial charge in [0.15, 0.2) is 0 Å². The molecule has 0 aliphatic carbocycles. The van der Waals surface area contributed by atoms with Crippen LogP contribution in [0.15, 0.2) is 23.1 Å². The van der Waals surface area contributed by atoms with Crippen molar-refractivity contribution in [2.75, 3.05) is 25.1 Å². The van der Waals surface area contributed by atoms with Gasteiger partial charge in [-0.1, -0.05) is 33.8 Å². The van der Waals surface area contributed by atoms with E-state index in [1.54, 1.807) is 12.1 Å². The summed E-state index contributed by atoms with van der Waals surface area (Å²) >= 11 is 0. The van der Waals surface area contributed by atoms with Crippen LogP contribution < -0.4 is 10.0 Å². The Kier molecular flexibility index (Phi) is 6.58. The number of esters is 1. The van der Waals surface area contributed by atoms with Gasteiger partial charge in [-0.2, -0.15) is 0 Å². The normalized spacial score (nSPS) is 11.8. The number of sulfonamides is 1. The fraction of sp³-hybridized carbons (Fsp3) is 0.562. The molecule has 1 aromatic rings. The Balaban J connectivity index is 3.56. The standard InChI is InChI=1S/C16H26N2O4S/c1-11(2)9-18(10-12(3)4)13-7-6-8-14(23(17,20)21)15(13)16(19)22-5/h6-8,11-12H,9-10H2,1-5H3,(H2,17,20,21). The highest BCUT2D eigenvalue weighted by atomic mass is 32.2. The van der Waals surface area contributed by atoms with Crippen LogP contribution in [0.5, 0.6) is 0 Å². The van der Waals surface area contributed by atoms with Crippen LogP contribution in [0.2, 0.25) is 0 Å². The van der Waals surface area contributed by atoms with Crippen LogP contribution in [0.25, 0.3) is 0 Å². The maximum Gasteiger partial charge on any atom is 0.341 e. The number of benzene rings is 1. The third kappa shape index (κ3) is 5.21. The Morgan fingerprint density at radius 2 is 1.70 bits per heavy atom. The highest BCUT2D eigenvalue weighted by molar-refractivity contribution is 7.89. The second-order valence-electron chi connectivity index (χ2n) is 6.38. The Morgan fingerprint density at radius 1 is 1.17 bits per heavy atom. The van der Waals surface area contributed by atoms with Crippen molar-refractivity contribution >= 4 is 21.7 Å². The molecule has 6 nitrogen and oxygen atoms in total. The van der Waals surface area contributed by atoms with E-state index >= 15 is 0 Å². The van der Waals surface area contributed by atoms with Gasteiger partial charge >= 0.3 is 5.97 Å². The van der Waals surface area contributed by atoms with Gasteiger partial charge in [0.25, 0.3) is 0 Å². The largest absolute Gasteiger partial charge is 0.465 e. The molecule has 0 atom stereocenters. The van der Waals surface area contributed by atoms with Crippen LogP contribution in [0.4, 0.5) is 5.69 Å². The number of nitrogens with zero attached hydrogens (tertiary/aromatic N) is 1. The molecule has 0 spiro atoms. The molecule has 2 N–H and O–H groups in total. The zero-order valence-electron chi connectivity index (χ0n) is 14.4. The van der Waals surface area contributed by atoms with Crippen molar-refractivity contribution in [3.05, 3.63) is 23.8 Å². The topological polar surface area (TPSA) is 89.7 Å². The van der Waals surface area contributed by atoms with Crippen LogP contribution in [0.3, 0.4) is 0 Å². The Morgan fingerprint density at radius 3 is 2.09 bits per heavy atom. The van der Waals surface area contributed by atoms with Crippen LogP contribution in [0.1, 0.15) is 38.1 Å². The Bertz CT molecular complexity index is 644. The molecule has 0 saturated carbocycles. The first-order chi connectivity index (χ1) is 10.6. The van der Waals surface area contributed by atoms with Crippen molar-refractivity contribution in [1.82, 2.24) is 0 Å². The summed E-state index contributed by atoms with van der Waals surface area (Å²) in [5.74, 6) is -0.0167. The molecule has 0 fully saturated rings. The lowest BCUT2D eigenvalue weighted by molar-refractivity contribution is 0.0597. The third-order valence-corrected chi connectivity index (χ3v) is 4.17. The average Bonchev–Trinajstić information content (AvgIpc) is 2.43. The van der Waals surface area contributed by atoms with Gasteiger partial charge in [-0.05, 0) is 24.0 Å². The fourth-order valence-corrected chi connectivity index (χ4v) is 3.22. The van der Waals surface area contributed by atoms with Crippen LogP contribution in [-0.2, 0) is 14.8 Å². The summed E-state index contributed by atoms with van der Waals surface area (Å²) in [5, 5.41) is 5.27. The number of hydrogen-bond acceptors (Lipinski definition) is 5. The fourth-order valence-electron chi connectivity index (χ4n) is 2.48. The van der Waals surface area contributed by atoms with Gasteiger partial charge in [0.05, 0.1) is 17.7 Å². The molecule has 0 saturated heterocycles. The van der Waals surface area contributed by atoms with Gasteiger partial charge in [-0.25, -0.2) is 18.4 Å². The molecule has 0 aromatic heterocycles. The van der Waals surface area contributed by atoms with Gasteiger partial charge in [-0.15, -0.1) is 0 Å². The maximum atomic E-state index is 12.2. The zero-order chi connectivity index (χ0) is 17.8. The predicted molar refractivity (Wildman–Crippen MR) is 91.0 cm³/mol. The summed E-state index contributed by atoms with van der Waals surface area (Å²) in [7, 11) is -2.81. The molecule has 1 rings (SSSR count). The van der Waals surface area contributed by atoms with Crippen molar-refractivity contribution < 1.29 is 17.9 Å². The first-order valence-corrected chi connectivity index (χ1v) is 9.11. The summed E-state index contributed by atoms with van der Waals surface area (Å²) < 4.78 is 28.5. The molecule has 7 heteroatoms. The molecular weight excluding hydrogens is 316 g/mol. The van der Waals surface area contributed by atoms with Crippen molar-refractivity contribution in [3.8, 4) is 0 Å². The van der Waals surface area contributed by atoms with Gasteiger partial charge in [0.2, 0.25) is 10.0 Å². The molecule has 0 unspecified atom stereocenters. The van der Waals surface area contributed by atoms with Gasteiger partial charge in [-0.3, -0.25) is 0 Å². The third-order valence-electron chi connectivity index (χ3n) is 3.21. The minimum Gasteiger partial charge on any atom is -0.465 e. The zero-order valence-corrected chi connectivity index (χ0v) is 15.2. The number of anilines is 1. The Hall–Kier alpha value is -1.60. The van der Waals surface area contributed by atoms with E-state index in [1.807, 2.05) is 4.90 Å². The lowest BCUT2D eigenvalue weighted by atomic mass is 10.1. The average molecular weight is 342 g/mol. The predicted octanol–water partition coefficient (Wildman–Crippen LogP) is 2.24. The highest BCUT2D eigenvalue weighted by Gasteiger charge is 2.26. The van der Waals surface area contributed by atoms with Crippen LogP contribution in [-0.4, -0.2) is 34.6 Å². The number of rotatable bonds is 7. The lowest BCUT2D eigenvalue weighted by Gasteiger charge is -2.30. The second-order valence-corrected chi connectivity index (χ2v) is 7.91.